The minimum Gasteiger partial charge on any atom is -0.383 e. The van der Waals surface area contributed by atoms with Gasteiger partial charge in [-0.15, -0.1) is 11.3 Å². The number of hydrogen-bond acceptors (Lipinski definition) is 7. The summed E-state index contributed by atoms with van der Waals surface area (Å²) >= 11 is 1.45. The van der Waals surface area contributed by atoms with E-state index in [2.05, 4.69) is 16.2 Å². The molecule has 3 fully saturated rings. The molecular formula is C27H29F2N3O3S. The number of aliphatic hydroxyl groups is 1. The molecule has 6 nitrogen and oxygen atoms in total. The molecule has 190 valence electrons. The van der Waals surface area contributed by atoms with Gasteiger partial charge in [0.2, 0.25) is 5.92 Å². The summed E-state index contributed by atoms with van der Waals surface area (Å²) in [4.78, 5) is 4.65. The molecule has 9 heteroatoms. The smallest absolute Gasteiger partial charge is 0.248 e. The minimum absolute atomic E-state index is 0.00323. The second kappa shape index (κ2) is 9.16. The summed E-state index contributed by atoms with van der Waals surface area (Å²) in [6, 6.07) is 7.53. The first-order chi connectivity index (χ1) is 17.3. The number of nitriles is 1. The fraction of sp³-hybridized carbons (Fsp3) is 0.593. The number of ether oxygens (including phenoxy) is 1. The zero-order valence-electron chi connectivity index (χ0n) is 20.0. The van der Waals surface area contributed by atoms with Crippen molar-refractivity contribution in [3.63, 3.8) is 0 Å². The van der Waals surface area contributed by atoms with Gasteiger partial charge in [0, 0.05) is 30.2 Å². The Kier molecular flexibility index (Phi) is 6.09. The van der Waals surface area contributed by atoms with E-state index in [1.165, 1.54) is 11.3 Å². The van der Waals surface area contributed by atoms with Crippen molar-refractivity contribution in [3.8, 4) is 6.07 Å². The number of aromatic nitrogens is 2. The summed E-state index contributed by atoms with van der Waals surface area (Å²) in [7, 11) is 0. The number of fused-ring (bicyclic) bond motifs is 1. The molecule has 0 spiro atoms. The average molecular weight is 514 g/mol. The standard InChI is InChI=1S/C27H29F2N3O3S/c28-27(29)11-5-17(6-12-27)23-20(24(35-32-23)18-2-3-18)15-34-19-7-9-26(33,10-8-19)25-31-21-4-1-16(14-30)13-22(21)36-25/h1,4,13,17-19,33H,2-3,5-12,15H2. The van der Waals surface area contributed by atoms with Crippen molar-refractivity contribution >= 4 is 21.6 Å². The lowest BCUT2D eigenvalue weighted by Gasteiger charge is -2.34. The van der Waals surface area contributed by atoms with Gasteiger partial charge in [0.15, 0.2) is 0 Å². The molecule has 0 atom stereocenters. The van der Waals surface area contributed by atoms with Crippen molar-refractivity contribution in [1.82, 2.24) is 10.1 Å². The lowest BCUT2D eigenvalue weighted by molar-refractivity contribution is -0.0644. The SMILES string of the molecule is N#Cc1ccc2nc(C3(O)CCC(OCc4c(C5CCC(F)(F)CC5)noc4C4CC4)CC3)sc2c1. The number of nitrogens with zero attached hydrogens (tertiary/aromatic N) is 3. The van der Waals surface area contributed by atoms with E-state index < -0.39 is 11.5 Å². The zero-order chi connectivity index (χ0) is 24.9. The van der Waals surface area contributed by atoms with Gasteiger partial charge in [-0.05, 0) is 69.6 Å². The van der Waals surface area contributed by atoms with Gasteiger partial charge in [0.05, 0.1) is 40.3 Å². The quantitative estimate of drug-likeness (QED) is 0.396. The van der Waals surface area contributed by atoms with Gasteiger partial charge in [-0.2, -0.15) is 5.26 Å². The number of halogens is 2. The Morgan fingerprint density at radius 2 is 1.83 bits per heavy atom. The van der Waals surface area contributed by atoms with Crippen LogP contribution in [0.5, 0.6) is 0 Å². The van der Waals surface area contributed by atoms with Crippen LogP contribution in [0.25, 0.3) is 10.2 Å². The van der Waals surface area contributed by atoms with Gasteiger partial charge in [0.25, 0.3) is 0 Å². The monoisotopic (exact) mass is 513 g/mol. The van der Waals surface area contributed by atoms with Crippen LogP contribution < -0.4 is 0 Å². The summed E-state index contributed by atoms with van der Waals surface area (Å²) in [5, 5.41) is 25.5. The van der Waals surface area contributed by atoms with Crippen LogP contribution in [-0.4, -0.2) is 27.3 Å². The van der Waals surface area contributed by atoms with Crippen LogP contribution in [0, 0.1) is 11.3 Å². The molecular weight excluding hydrogens is 484 g/mol. The molecule has 3 aliphatic carbocycles. The Balaban J connectivity index is 1.11. The maximum Gasteiger partial charge on any atom is 0.248 e. The Bertz CT molecular complexity index is 1290. The second-order valence-electron chi connectivity index (χ2n) is 10.7. The predicted molar refractivity (Wildman–Crippen MR) is 130 cm³/mol. The highest BCUT2D eigenvalue weighted by atomic mass is 32.1. The minimum atomic E-state index is -2.57. The van der Waals surface area contributed by atoms with E-state index in [0.29, 0.717) is 61.6 Å². The van der Waals surface area contributed by atoms with Crippen LogP contribution in [0.4, 0.5) is 8.78 Å². The van der Waals surface area contributed by atoms with E-state index in [1.807, 2.05) is 12.1 Å². The van der Waals surface area contributed by atoms with E-state index in [-0.39, 0.29) is 24.9 Å². The van der Waals surface area contributed by atoms with Crippen LogP contribution in [0.3, 0.4) is 0 Å². The molecule has 2 aromatic heterocycles. The molecule has 2 heterocycles. The highest BCUT2D eigenvalue weighted by Crippen LogP contribution is 2.47. The van der Waals surface area contributed by atoms with Gasteiger partial charge in [0.1, 0.15) is 16.4 Å². The van der Waals surface area contributed by atoms with Gasteiger partial charge >= 0.3 is 0 Å². The van der Waals surface area contributed by atoms with E-state index in [9.17, 15) is 13.9 Å². The molecule has 1 aromatic carbocycles. The third-order valence-corrected chi connectivity index (χ3v) is 9.25. The fourth-order valence-corrected chi connectivity index (χ4v) is 6.78. The number of benzene rings is 1. The lowest BCUT2D eigenvalue weighted by Crippen LogP contribution is -2.34. The van der Waals surface area contributed by atoms with Crippen molar-refractivity contribution in [2.45, 2.75) is 100 Å². The van der Waals surface area contributed by atoms with E-state index in [4.69, 9.17) is 14.5 Å². The molecule has 0 unspecified atom stereocenters. The molecule has 6 rings (SSSR count). The average Bonchev–Trinajstić information content (AvgIpc) is 3.48. The molecule has 0 saturated heterocycles. The largest absolute Gasteiger partial charge is 0.383 e. The number of thiazole rings is 1. The van der Waals surface area contributed by atoms with Crippen LogP contribution in [0.2, 0.25) is 0 Å². The molecule has 0 aliphatic heterocycles. The predicted octanol–water partition coefficient (Wildman–Crippen LogP) is 6.67. The zero-order valence-corrected chi connectivity index (χ0v) is 20.8. The Labute approximate surface area is 212 Å². The Morgan fingerprint density at radius 1 is 1.08 bits per heavy atom. The maximum atomic E-state index is 13.7. The first-order valence-corrected chi connectivity index (χ1v) is 13.7. The highest BCUT2D eigenvalue weighted by molar-refractivity contribution is 7.18. The van der Waals surface area contributed by atoms with Crippen molar-refractivity contribution < 1.29 is 23.1 Å². The van der Waals surface area contributed by atoms with E-state index >= 15 is 0 Å². The lowest BCUT2D eigenvalue weighted by atomic mass is 9.83. The summed E-state index contributed by atoms with van der Waals surface area (Å²) < 4.78 is 40.4. The summed E-state index contributed by atoms with van der Waals surface area (Å²) in [5.41, 5.74) is 2.17. The van der Waals surface area contributed by atoms with Gasteiger partial charge in [-0.1, -0.05) is 5.16 Å². The van der Waals surface area contributed by atoms with Crippen molar-refractivity contribution in [2.75, 3.05) is 0 Å². The normalized spacial score (nSPS) is 26.8. The van der Waals surface area contributed by atoms with E-state index in [1.54, 1.807) is 6.07 Å². The number of hydrogen-bond donors (Lipinski definition) is 1. The van der Waals surface area contributed by atoms with E-state index in [0.717, 1.165) is 40.1 Å². The van der Waals surface area contributed by atoms with Crippen LogP contribution in [-0.2, 0) is 16.9 Å². The van der Waals surface area contributed by atoms with Crippen LogP contribution >= 0.6 is 11.3 Å². The molecule has 36 heavy (non-hydrogen) atoms. The van der Waals surface area contributed by atoms with Crippen LogP contribution in [0.1, 0.15) is 104 Å². The molecule has 0 bridgehead atoms. The topological polar surface area (TPSA) is 92.2 Å². The Hall–Kier alpha value is -2.41. The molecule has 1 N–H and O–H groups in total. The first kappa shape index (κ1) is 24.0. The number of alkyl halides is 2. The molecule has 3 aromatic rings. The molecule has 0 amide bonds. The second-order valence-corrected chi connectivity index (χ2v) is 11.7. The van der Waals surface area contributed by atoms with Crippen LogP contribution in [0.15, 0.2) is 22.7 Å². The number of rotatable bonds is 6. The maximum absolute atomic E-state index is 13.7. The molecule has 3 saturated carbocycles. The van der Waals surface area contributed by atoms with Crippen molar-refractivity contribution in [1.29, 1.82) is 5.26 Å². The highest BCUT2D eigenvalue weighted by Gasteiger charge is 2.41. The third kappa shape index (κ3) is 4.67. The van der Waals surface area contributed by atoms with Gasteiger partial charge < -0.3 is 14.4 Å². The third-order valence-electron chi connectivity index (χ3n) is 8.04. The molecule has 0 radical (unpaired) electrons. The first-order valence-electron chi connectivity index (χ1n) is 12.8. The Morgan fingerprint density at radius 3 is 2.53 bits per heavy atom. The molecule has 3 aliphatic rings. The van der Waals surface area contributed by atoms with Gasteiger partial charge in [-0.3, -0.25) is 0 Å². The van der Waals surface area contributed by atoms with Gasteiger partial charge in [-0.25, -0.2) is 13.8 Å². The fourth-order valence-electron chi connectivity index (χ4n) is 5.62. The summed E-state index contributed by atoms with van der Waals surface area (Å²) in [5.74, 6) is -1.33. The van der Waals surface area contributed by atoms with Crippen molar-refractivity contribution in [3.05, 3.63) is 45.8 Å². The van der Waals surface area contributed by atoms with Crippen molar-refractivity contribution in [2.24, 2.45) is 0 Å². The summed E-state index contributed by atoms with van der Waals surface area (Å²) in [6.45, 7) is 0.374. The summed E-state index contributed by atoms with van der Waals surface area (Å²) in [6.07, 6.45) is 5.26.